The minimum Gasteiger partial charge on any atom is -0.494 e. The van der Waals surface area contributed by atoms with Crippen molar-refractivity contribution in [2.75, 3.05) is 32.3 Å². The predicted octanol–water partition coefficient (Wildman–Crippen LogP) is 2.79. The summed E-state index contributed by atoms with van der Waals surface area (Å²) >= 11 is 0. The molecule has 158 valence electrons. The number of nitrogens with zero attached hydrogens (tertiary/aromatic N) is 2. The summed E-state index contributed by atoms with van der Waals surface area (Å²) < 4.78 is 16.3. The molecule has 7 nitrogen and oxygen atoms in total. The molecule has 2 amide bonds. The Morgan fingerprint density at radius 3 is 2.30 bits per heavy atom. The van der Waals surface area contributed by atoms with Crippen LogP contribution in [0.2, 0.25) is 0 Å². The first-order chi connectivity index (χ1) is 14.5. The number of anilines is 1. The highest BCUT2D eigenvalue weighted by Gasteiger charge is 2.43. The molecular weight excluding hydrogens is 384 g/mol. The van der Waals surface area contributed by atoms with Gasteiger partial charge in [-0.2, -0.15) is 0 Å². The molecule has 1 saturated heterocycles. The average molecular weight is 410 g/mol. The first kappa shape index (κ1) is 20.2. The van der Waals surface area contributed by atoms with Crippen LogP contribution < -0.4 is 19.1 Å². The van der Waals surface area contributed by atoms with E-state index in [1.165, 1.54) is 10.5 Å². The minimum absolute atomic E-state index is 0.173. The molecule has 1 atom stereocenters. The molecule has 2 aromatic rings. The molecule has 0 aromatic heterocycles. The fourth-order valence-corrected chi connectivity index (χ4v) is 4.20. The zero-order valence-corrected chi connectivity index (χ0v) is 17.5. The third kappa shape index (κ3) is 3.61. The number of imide groups is 1. The Balaban J connectivity index is 1.53. The Morgan fingerprint density at radius 2 is 1.67 bits per heavy atom. The van der Waals surface area contributed by atoms with Gasteiger partial charge in [0.15, 0.2) is 11.5 Å². The topological polar surface area (TPSA) is 68.3 Å². The van der Waals surface area contributed by atoms with Crippen molar-refractivity contribution in [3.8, 4) is 17.2 Å². The molecular formula is C23H26N2O5. The molecule has 2 aliphatic heterocycles. The number of hydrogen-bond donors (Lipinski definition) is 0. The minimum atomic E-state index is -0.453. The number of carbonyl (C=O) groups excluding carboxylic acids is 2. The predicted molar refractivity (Wildman–Crippen MR) is 112 cm³/mol. The summed E-state index contributed by atoms with van der Waals surface area (Å²) in [5.41, 5.74) is 2.86. The number of fused-ring (bicyclic) bond motifs is 1. The van der Waals surface area contributed by atoms with Crippen LogP contribution in [0.3, 0.4) is 0 Å². The van der Waals surface area contributed by atoms with Crippen LogP contribution in [0, 0.1) is 0 Å². The van der Waals surface area contributed by atoms with Gasteiger partial charge in [-0.05, 0) is 60.9 Å². The van der Waals surface area contributed by atoms with Gasteiger partial charge in [-0.15, -0.1) is 0 Å². The molecule has 4 rings (SSSR count). The van der Waals surface area contributed by atoms with E-state index >= 15 is 0 Å². The maximum absolute atomic E-state index is 13.1. The van der Waals surface area contributed by atoms with Gasteiger partial charge < -0.3 is 14.2 Å². The van der Waals surface area contributed by atoms with Crippen LogP contribution in [-0.2, 0) is 22.6 Å². The summed E-state index contributed by atoms with van der Waals surface area (Å²) in [5, 5.41) is 0. The van der Waals surface area contributed by atoms with Crippen LogP contribution in [0.4, 0.5) is 5.69 Å². The molecule has 7 heteroatoms. The summed E-state index contributed by atoms with van der Waals surface area (Å²) in [6.07, 6.45) is 0.978. The van der Waals surface area contributed by atoms with E-state index in [4.69, 9.17) is 14.2 Å². The molecule has 1 unspecified atom stereocenters. The smallest absolute Gasteiger partial charge is 0.251 e. The lowest BCUT2D eigenvalue weighted by atomic mass is 9.97. The maximum atomic E-state index is 13.1. The third-order valence-electron chi connectivity index (χ3n) is 5.72. The molecule has 1 fully saturated rings. The lowest BCUT2D eigenvalue weighted by Crippen LogP contribution is -2.44. The highest BCUT2D eigenvalue weighted by Crippen LogP contribution is 2.35. The van der Waals surface area contributed by atoms with Gasteiger partial charge in [-0.3, -0.25) is 14.5 Å². The van der Waals surface area contributed by atoms with Crippen LogP contribution >= 0.6 is 0 Å². The second-order valence-electron chi connectivity index (χ2n) is 7.41. The van der Waals surface area contributed by atoms with Crippen LogP contribution in [0.5, 0.6) is 17.2 Å². The first-order valence-corrected chi connectivity index (χ1v) is 10.1. The number of carbonyl (C=O) groups is 2. The van der Waals surface area contributed by atoms with Gasteiger partial charge in [0.2, 0.25) is 5.91 Å². The van der Waals surface area contributed by atoms with Gasteiger partial charge in [-0.25, -0.2) is 4.90 Å². The number of benzene rings is 2. The Morgan fingerprint density at radius 1 is 1.00 bits per heavy atom. The zero-order chi connectivity index (χ0) is 21.3. The lowest BCUT2D eigenvalue weighted by Gasteiger charge is -2.32. The third-order valence-corrected chi connectivity index (χ3v) is 5.72. The number of ether oxygens (including phenoxy) is 3. The Kier molecular flexibility index (Phi) is 5.63. The Bertz CT molecular complexity index is 957. The van der Waals surface area contributed by atoms with E-state index in [0.29, 0.717) is 42.6 Å². The standard InChI is InChI=1S/C23H26N2O5/c1-4-30-18-7-5-17(6-8-18)25-22(26)13-19(23(25)27)24-10-9-15-11-20(28-2)21(29-3)12-16(15)14-24/h5-8,11-12,19H,4,9-10,13-14H2,1-3H3. The summed E-state index contributed by atoms with van der Waals surface area (Å²) in [4.78, 5) is 29.2. The molecule has 2 heterocycles. The summed E-state index contributed by atoms with van der Waals surface area (Å²) in [5.74, 6) is 1.75. The second kappa shape index (κ2) is 8.36. The molecule has 30 heavy (non-hydrogen) atoms. The lowest BCUT2D eigenvalue weighted by molar-refractivity contribution is -0.123. The fourth-order valence-electron chi connectivity index (χ4n) is 4.20. The van der Waals surface area contributed by atoms with Crippen molar-refractivity contribution < 1.29 is 23.8 Å². The van der Waals surface area contributed by atoms with E-state index < -0.39 is 6.04 Å². The molecule has 0 N–H and O–H groups in total. The average Bonchev–Trinajstić information content (AvgIpc) is 3.07. The fraction of sp³-hybridized carbons (Fsp3) is 0.391. The van der Waals surface area contributed by atoms with Gasteiger partial charge in [0, 0.05) is 13.1 Å². The molecule has 0 aliphatic carbocycles. The first-order valence-electron chi connectivity index (χ1n) is 10.1. The van der Waals surface area contributed by atoms with Crippen LogP contribution in [0.1, 0.15) is 24.5 Å². The van der Waals surface area contributed by atoms with Gasteiger partial charge >= 0.3 is 0 Å². The molecule has 0 bridgehead atoms. The molecule has 0 saturated carbocycles. The van der Waals surface area contributed by atoms with Crippen molar-refractivity contribution in [3.63, 3.8) is 0 Å². The number of rotatable bonds is 6. The molecule has 0 radical (unpaired) electrons. The Labute approximate surface area is 176 Å². The molecule has 2 aliphatic rings. The van der Waals surface area contributed by atoms with E-state index in [2.05, 4.69) is 4.90 Å². The van der Waals surface area contributed by atoms with Crippen LogP contribution in [-0.4, -0.2) is 50.1 Å². The quantitative estimate of drug-likeness (QED) is 0.683. The zero-order valence-electron chi connectivity index (χ0n) is 17.5. The monoisotopic (exact) mass is 410 g/mol. The van der Waals surface area contributed by atoms with Crippen LogP contribution in [0.25, 0.3) is 0 Å². The largest absolute Gasteiger partial charge is 0.494 e. The van der Waals surface area contributed by atoms with Crippen molar-refractivity contribution in [1.82, 2.24) is 4.90 Å². The van der Waals surface area contributed by atoms with Gasteiger partial charge in [0.25, 0.3) is 5.91 Å². The van der Waals surface area contributed by atoms with Crippen molar-refractivity contribution >= 4 is 17.5 Å². The number of methoxy groups -OCH3 is 2. The van der Waals surface area contributed by atoms with Crippen molar-refractivity contribution in [3.05, 3.63) is 47.5 Å². The number of hydrogen-bond acceptors (Lipinski definition) is 6. The van der Waals surface area contributed by atoms with Crippen LogP contribution in [0.15, 0.2) is 36.4 Å². The summed E-state index contributed by atoms with van der Waals surface area (Å²) in [7, 11) is 3.23. The molecule has 0 spiro atoms. The van der Waals surface area contributed by atoms with E-state index in [9.17, 15) is 9.59 Å². The van der Waals surface area contributed by atoms with Gasteiger partial charge in [0.1, 0.15) is 5.75 Å². The summed E-state index contributed by atoms with van der Waals surface area (Å²) in [6, 6.07) is 10.6. The van der Waals surface area contributed by atoms with Crippen molar-refractivity contribution in [2.45, 2.75) is 32.4 Å². The van der Waals surface area contributed by atoms with Crippen molar-refractivity contribution in [1.29, 1.82) is 0 Å². The van der Waals surface area contributed by atoms with E-state index in [1.54, 1.807) is 38.5 Å². The van der Waals surface area contributed by atoms with E-state index in [-0.39, 0.29) is 18.2 Å². The normalized spacial score (nSPS) is 19.0. The van der Waals surface area contributed by atoms with Gasteiger partial charge in [0.05, 0.1) is 39.0 Å². The second-order valence-corrected chi connectivity index (χ2v) is 7.41. The molecule has 2 aromatic carbocycles. The van der Waals surface area contributed by atoms with Crippen molar-refractivity contribution in [2.24, 2.45) is 0 Å². The van der Waals surface area contributed by atoms with E-state index in [0.717, 1.165) is 12.0 Å². The van der Waals surface area contributed by atoms with E-state index in [1.807, 2.05) is 19.1 Å². The SMILES string of the molecule is CCOc1ccc(N2C(=O)CC(N3CCc4cc(OC)c(OC)cc4C3)C2=O)cc1. The number of amides is 2. The summed E-state index contributed by atoms with van der Waals surface area (Å²) in [6.45, 7) is 3.78. The maximum Gasteiger partial charge on any atom is 0.251 e. The van der Waals surface area contributed by atoms with Gasteiger partial charge in [-0.1, -0.05) is 0 Å². The highest BCUT2D eigenvalue weighted by atomic mass is 16.5. The Hall–Kier alpha value is -3.06. The highest BCUT2D eigenvalue weighted by molar-refractivity contribution is 6.22.